The number of hydrogen-bond acceptors (Lipinski definition) is 40. The van der Waals surface area contributed by atoms with E-state index in [1.54, 1.807) is 64.0 Å². The number of anilines is 5. The Balaban J connectivity index is 0.000000172. The van der Waals surface area contributed by atoms with Gasteiger partial charge in [0, 0.05) is 43.9 Å². The van der Waals surface area contributed by atoms with Gasteiger partial charge >= 0.3 is 0 Å². The van der Waals surface area contributed by atoms with Crippen molar-refractivity contribution < 1.29 is 23.7 Å². The molecule has 10 N–H and O–H groups in total. The number of nitrogens with zero attached hydrogens (tertiary/aromatic N) is 35. The van der Waals surface area contributed by atoms with Gasteiger partial charge in [-0.15, -0.1) is 25.5 Å². The first-order chi connectivity index (χ1) is 55.1. The molecule has 13 rings (SSSR count). The Bertz CT molecular complexity index is 4800. The molecule has 0 saturated heterocycles. The smallest absolute Gasteiger partial charge is 0.279 e. The van der Waals surface area contributed by atoms with Crippen molar-refractivity contribution in [2.75, 3.05) is 87.6 Å². The molecule has 0 bridgehead atoms. The number of nitriles is 1. The minimum Gasteiger partial charge on any atom is -0.497 e. The lowest BCUT2D eigenvalue weighted by atomic mass is 10.2. The average Bonchev–Trinajstić information content (AvgIpc) is 1.70. The Morgan fingerprint density at radius 3 is 1.38 bits per heavy atom. The van der Waals surface area contributed by atoms with Crippen molar-refractivity contribution in [1.29, 1.82) is 5.26 Å². The zero-order chi connectivity index (χ0) is 80.4. The van der Waals surface area contributed by atoms with Crippen molar-refractivity contribution in [2.45, 2.75) is 98.9 Å². The van der Waals surface area contributed by atoms with Gasteiger partial charge < -0.3 is 23.7 Å². The van der Waals surface area contributed by atoms with Crippen LogP contribution in [0.25, 0.3) is 0 Å². The molecule has 5 aromatic carbocycles. The Hall–Kier alpha value is -13.9. The fourth-order valence-electron chi connectivity index (χ4n) is 9.51. The molecule has 8 heterocycles. The van der Waals surface area contributed by atoms with Gasteiger partial charge in [0.1, 0.15) is 35.3 Å². The summed E-state index contributed by atoms with van der Waals surface area (Å²) in [5.41, 5.74) is 13.4. The lowest BCUT2D eigenvalue weighted by Gasteiger charge is -2.17. The highest BCUT2D eigenvalue weighted by Crippen LogP contribution is 2.20. The molecule has 0 saturated carbocycles. The summed E-state index contributed by atoms with van der Waals surface area (Å²) in [5, 5.41) is 117. The van der Waals surface area contributed by atoms with Gasteiger partial charge in [0.05, 0.1) is 80.1 Å². The van der Waals surface area contributed by atoms with Crippen LogP contribution in [0.2, 0.25) is 0 Å². The van der Waals surface area contributed by atoms with Gasteiger partial charge in [-0.3, -0.25) is 15.4 Å². The van der Waals surface area contributed by atoms with Crippen molar-refractivity contribution in [3.63, 3.8) is 0 Å². The van der Waals surface area contributed by atoms with E-state index in [2.05, 4.69) is 177 Å². The number of benzene rings is 5. The number of rotatable bonds is 33. The fraction of sp³-hybridized carbons (Fsp3) is 0.369. The number of aromatic amines is 2. The zero-order valence-electron chi connectivity index (χ0n) is 63.5. The molecular formula is C65H87BrN42O5. The van der Waals surface area contributed by atoms with Crippen molar-refractivity contribution >= 4 is 62.8 Å². The molecular weight excluding hydrogens is 1530 g/mol. The maximum atomic E-state index is 8.72. The third kappa shape index (κ3) is 28.9. The van der Waals surface area contributed by atoms with Crippen molar-refractivity contribution in [2.24, 2.45) is 43.2 Å². The van der Waals surface area contributed by atoms with E-state index in [0.29, 0.717) is 118 Å². The van der Waals surface area contributed by atoms with Crippen LogP contribution in [0.1, 0.15) is 93.4 Å². The zero-order valence-corrected chi connectivity index (χ0v) is 65.0. The SMILES string of the molecule is COc1ccc(Cn2nnnc2Br)cc1.COc1ccc(Cn2nnnc2N(CCCC#N)N=C(C)C)cc1.COc1ccc(Cn2nnnc2N(N)CCCc2nn[nH]n2)cc1.COc1ccc(Cn2nnnc2NN)cc1.COc1ccc(Cn2nnnc2NN=C(C)C)cc1.NN(CCCC1=NN=NC1)c1nn[nH]n1. The Labute approximate surface area is 655 Å². The quantitative estimate of drug-likeness (QED) is 0.0130. The van der Waals surface area contributed by atoms with Crippen LogP contribution in [0.4, 0.5) is 29.7 Å². The van der Waals surface area contributed by atoms with Crippen LogP contribution in [-0.2, 0) is 39.1 Å². The fourth-order valence-corrected chi connectivity index (χ4v) is 9.78. The highest BCUT2D eigenvalue weighted by molar-refractivity contribution is 9.10. The minimum atomic E-state index is 0.387. The number of methoxy groups -OCH3 is 5. The van der Waals surface area contributed by atoms with Crippen molar-refractivity contribution in [3.8, 4) is 34.8 Å². The van der Waals surface area contributed by atoms with E-state index >= 15 is 0 Å². The van der Waals surface area contributed by atoms with E-state index in [9.17, 15) is 0 Å². The van der Waals surface area contributed by atoms with Crippen molar-refractivity contribution in [3.05, 3.63) is 160 Å². The number of tetrazole rings is 7. The summed E-state index contributed by atoms with van der Waals surface area (Å²) in [7, 11) is 8.19. The first kappa shape index (κ1) is 84.7. The summed E-state index contributed by atoms with van der Waals surface area (Å²) >= 11 is 3.25. The number of hydrazone groups is 2. The standard InChI is InChI=1S/C16H21N7O.C13H18N10O.C12H16N6O.C9H9BrN4O.C9H12N6O.C6H11N9/c1-13(2)19-22(11-5-4-10-17)16-18-20-21-23(16)12-14-6-8-15(24-3)9-7-14;1-24-11-6-4-10(5-7-11)9-23-13(17-20-21-23)22(14)8-2-3-12-15-18-19-16-12;1-9(2)13-14-12-15-16-17-18(12)8-10-4-6-11(19-3)7-5-10;1-15-8-4-2-7(3-5-8)6-14-9(10)11-12-13-14;1-16-8-4-2-7(3-5-8)6-15-9(11-10)12-13-14-15;7-15(6-10-13-14-11-6)3-1-2-5-4-8-12-9-5/h6-9H,4-5,11-12H2,1-3H3;4-7H,2-3,8-9,14H2,1H3,(H,15,16,18,19);4-7H,8H2,1-3H3,(H,14,15,17);2-5H,6H2,1H3;2-5H,6,10H2,1H3,(H,11,12,14);1-4,7H2,(H,10,11,13,14). The van der Waals surface area contributed by atoms with Gasteiger partial charge in [-0.1, -0.05) is 91.4 Å². The largest absolute Gasteiger partial charge is 0.497 e. The molecule has 0 unspecified atom stereocenters. The molecule has 0 aliphatic carbocycles. The number of unbranched alkanes of at least 4 members (excludes halogenated alkanes) is 1. The monoisotopic (exact) mass is 1610 g/mol. The molecule has 0 amide bonds. The highest BCUT2D eigenvalue weighted by atomic mass is 79.9. The van der Waals surface area contributed by atoms with Gasteiger partial charge in [0.15, 0.2) is 5.82 Å². The molecule has 48 heteroatoms. The number of hydrazine groups is 3. The molecule has 7 aromatic heterocycles. The number of halogens is 1. The Morgan fingerprint density at radius 1 is 0.504 bits per heavy atom. The minimum absolute atomic E-state index is 0.387. The second kappa shape index (κ2) is 46.4. The van der Waals surface area contributed by atoms with E-state index < -0.39 is 0 Å². The number of ether oxygens (including phenoxy) is 5. The van der Waals surface area contributed by atoms with E-state index in [4.69, 9.17) is 46.5 Å². The number of aromatic nitrogens is 28. The summed E-state index contributed by atoms with van der Waals surface area (Å²) in [6.45, 7) is 12.8. The van der Waals surface area contributed by atoms with Gasteiger partial charge in [0.25, 0.3) is 29.7 Å². The molecule has 1 aliphatic heterocycles. The molecule has 0 fully saturated rings. The maximum Gasteiger partial charge on any atom is 0.279 e. The Kier molecular flexibility index (Phi) is 34.8. The number of H-pyrrole nitrogens is 2. The second-order valence-corrected chi connectivity index (χ2v) is 24.6. The van der Waals surface area contributed by atoms with Crippen LogP contribution in [0, 0.1) is 11.3 Å². The van der Waals surface area contributed by atoms with Crippen LogP contribution >= 0.6 is 15.9 Å². The summed E-state index contributed by atoms with van der Waals surface area (Å²) in [6, 6.07) is 40.8. The number of hydrogen-bond donors (Lipinski definition) is 7. The van der Waals surface area contributed by atoms with Crippen LogP contribution < -0.4 is 67.1 Å². The molecule has 113 heavy (non-hydrogen) atoms. The number of aryl methyl sites for hydroxylation is 1. The van der Waals surface area contributed by atoms with E-state index in [1.165, 1.54) is 10.0 Å². The predicted octanol–water partition coefficient (Wildman–Crippen LogP) is 4.32. The third-order valence-corrected chi connectivity index (χ3v) is 15.7. The van der Waals surface area contributed by atoms with Crippen LogP contribution in [0.15, 0.2) is 152 Å². The normalized spacial score (nSPS) is 10.8. The predicted molar refractivity (Wildman–Crippen MR) is 415 cm³/mol. The number of nitrogens with two attached hydrogens (primary N) is 3. The number of nitrogens with one attached hydrogen (secondary N) is 4. The van der Waals surface area contributed by atoms with Crippen LogP contribution in [0.3, 0.4) is 0 Å². The van der Waals surface area contributed by atoms with E-state index in [1.807, 2.05) is 149 Å². The first-order valence-corrected chi connectivity index (χ1v) is 35.3. The summed E-state index contributed by atoms with van der Waals surface area (Å²) in [4.78, 5) is 0. The molecule has 47 nitrogen and oxygen atoms in total. The van der Waals surface area contributed by atoms with E-state index in [0.717, 1.165) is 93.0 Å². The van der Waals surface area contributed by atoms with Gasteiger partial charge in [-0.25, -0.2) is 51.4 Å². The van der Waals surface area contributed by atoms with Gasteiger partial charge in [-0.05, 0) is 220 Å². The van der Waals surface area contributed by atoms with Gasteiger partial charge in [-0.2, -0.15) is 31.0 Å². The van der Waals surface area contributed by atoms with Crippen LogP contribution in [0.5, 0.6) is 28.7 Å². The Morgan fingerprint density at radius 2 is 0.938 bits per heavy atom. The second-order valence-electron chi connectivity index (χ2n) is 23.9. The third-order valence-electron chi connectivity index (χ3n) is 15.2. The molecule has 0 radical (unpaired) electrons. The van der Waals surface area contributed by atoms with Crippen molar-refractivity contribution in [1.82, 2.24) is 142 Å². The summed E-state index contributed by atoms with van der Waals surface area (Å²) in [5.74, 6) is 24.1. The lowest BCUT2D eigenvalue weighted by Crippen LogP contribution is -2.35. The van der Waals surface area contributed by atoms with Crippen LogP contribution in [-0.4, -0.2) is 221 Å². The number of nitrogen functional groups attached to an aromatic ring is 1. The lowest BCUT2D eigenvalue weighted by molar-refractivity contribution is 0.414. The maximum absolute atomic E-state index is 8.72. The highest BCUT2D eigenvalue weighted by Gasteiger charge is 2.17. The molecule has 1 aliphatic rings. The van der Waals surface area contributed by atoms with Gasteiger partial charge in [0.2, 0.25) is 4.73 Å². The average molecular weight is 1620 g/mol. The molecule has 0 atom stereocenters. The van der Waals surface area contributed by atoms with E-state index in [-0.39, 0.29) is 0 Å². The summed E-state index contributed by atoms with van der Waals surface area (Å²) in [6.07, 6.45) is 4.28. The summed E-state index contributed by atoms with van der Waals surface area (Å²) < 4.78 is 34.4. The molecule has 0 spiro atoms. The first-order valence-electron chi connectivity index (χ1n) is 34.5. The molecule has 594 valence electrons. The topological polar surface area (TPSA) is 570 Å². The molecule has 12 aromatic rings.